The Hall–Kier alpha value is -1.42. The highest BCUT2D eigenvalue weighted by Gasteiger charge is 2.17. The van der Waals surface area contributed by atoms with E-state index in [0.717, 1.165) is 32.4 Å². The van der Waals surface area contributed by atoms with Crippen LogP contribution in [0.2, 0.25) is 0 Å². The molecule has 0 bridgehead atoms. The molecule has 1 aromatic rings. The van der Waals surface area contributed by atoms with Gasteiger partial charge < -0.3 is 5.32 Å². The molecule has 1 aliphatic heterocycles. The topological polar surface area (TPSA) is 82.0 Å². The van der Waals surface area contributed by atoms with Crippen LogP contribution in [0.1, 0.15) is 30.4 Å². The number of benzene rings is 1. The van der Waals surface area contributed by atoms with E-state index in [1.807, 2.05) is 6.07 Å². The summed E-state index contributed by atoms with van der Waals surface area (Å²) >= 11 is 0. The lowest BCUT2D eigenvalue weighted by Crippen LogP contribution is -2.33. The summed E-state index contributed by atoms with van der Waals surface area (Å²) in [6.45, 7) is 4.23. The van der Waals surface area contributed by atoms with E-state index in [0.29, 0.717) is 23.6 Å². The minimum Gasteiger partial charge on any atom is -0.316 e. The number of rotatable bonds is 5. The first kappa shape index (κ1) is 16.0. The number of nitrogens with zero attached hydrogens (tertiary/aromatic N) is 1. The van der Waals surface area contributed by atoms with Crippen LogP contribution in [0.4, 0.5) is 0 Å². The van der Waals surface area contributed by atoms with Gasteiger partial charge in [0.05, 0.1) is 16.5 Å². The molecule has 2 rings (SSSR count). The molecule has 1 atom stereocenters. The molecule has 1 fully saturated rings. The van der Waals surface area contributed by atoms with E-state index in [9.17, 15) is 8.42 Å². The Morgan fingerprint density at radius 1 is 1.48 bits per heavy atom. The van der Waals surface area contributed by atoms with Crippen molar-refractivity contribution in [1.29, 1.82) is 5.26 Å². The van der Waals surface area contributed by atoms with Gasteiger partial charge in [0.1, 0.15) is 0 Å². The highest BCUT2D eigenvalue weighted by atomic mass is 32.2. The minimum atomic E-state index is -3.49. The molecule has 1 aliphatic rings. The fourth-order valence-corrected chi connectivity index (χ4v) is 3.71. The molecular formula is C15H21N3O2S. The number of hydrogen-bond donors (Lipinski definition) is 2. The lowest BCUT2D eigenvalue weighted by atomic mass is 9.96. The van der Waals surface area contributed by atoms with E-state index in [1.165, 1.54) is 6.07 Å². The Morgan fingerprint density at radius 2 is 2.29 bits per heavy atom. The van der Waals surface area contributed by atoms with Crippen molar-refractivity contribution in [1.82, 2.24) is 10.0 Å². The summed E-state index contributed by atoms with van der Waals surface area (Å²) in [5.74, 6) is 0.546. The number of nitriles is 1. The highest BCUT2D eigenvalue weighted by Crippen LogP contribution is 2.16. The molecule has 21 heavy (non-hydrogen) atoms. The Balaban J connectivity index is 1.95. The average Bonchev–Trinajstić information content (AvgIpc) is 2.48. The van der Waals surface area contributed by atoms with Gasteiger partial charge in [-0.3, -0.25) is 0 Å². The molecule has 0 saturated carbocycles. The summed E-state index contributed by atoms with van der Waals surface area (Å²) in [5.41, 5.74) is 1.18. The number of aryl methyl sites for hydroxylation is 1. The van der Waals surface area contributed by atoms with Crippen molar-refractivity contribution in [2.75, 3.05) is 19.6 Å². The molecule has 2 N–H and O–H groups in total. The second-order valence-corrected chi connectivity index (χ2v) is 7.25. The van der Waals surface area contributed by atoms with Crippen molar-refractivity contribution in [2.24, 2.45) is 5.92 Å². The summed E-state index contributed by atoms with van der Waals surface area (Å²) in [5, 5.41) is 12.2. The zero-order valence-corrected chi connectivity index (χ0v) is 13.0. The highest BCUT2D eigenvalue weighted by molar-refractivity contribution is 7.89. The predicted octanol–water partition coefficient (Wildman–Crippen LogP) is 1.53. The zero-order chi connectivity index (χ0) is 15.3. The molecule has 0 spiro atoms. The number of sulfonamides is 1. The van der Waals surface area contributed by atoms with Gasteiger partial charge in [-0.15, -0.1) is 0 Å². The number of piperidine rings is 1. The molecule has 0 radical (unpaired) electrons. The van der Waals surface area contributed by atoms with E-state index in [4.69, 9.17) is 5.26 Å². The third-order valence-corrected chi connectivity index (χ3v) is 5.33. The third kappa shape index (κ3) is 4.27. The first-order valence-electron chi connectivity index (χ1n) is 7.24. The van der Waals surface area contributed by atoms with Crippen molar-refractivity contribution in [3.8, 4) is 6.07 Å². The molecule has 0 aromatic heterocycles. The van der Waals surface area contributed by atoms with Crippen LogP contribution in [-0.4, -0.2) is 28.1 Å². The second-order valence-electron chi connectivity index (χ2n) is 5.49. The maximum Gasteiger partial charge on any atom is 0.240 e. The van der Waals surface area contributed by atoms with E-state index < -0.39 is 10.0 Å². The van der Waals surface area contributed by atoms with Crippen molar-refractivity contribution in [2.45, 2.75) is 31.1 Å². The maximum absolute atomic E-state index is 12.2. The normalized spacial score (nSPS) is 19.1. The van der Waals surface area contributed by atoms with Crippen molar-refractivity contribution < 1.29 is 8.42 Å². The van der Waals surface area contributed by atoms with E-state index in [-0.39, 0.29) is 4.90 Å². The van der Waals surface area contributed by atoms with Crippen LogP contribution in [0.15, 0.2) is 23.1 Å². The van der Waals surface area contributed by atoms with E-state index in [1.54, 1.807) is 19.1 Å². The zero-order valence-electron chi connectivity index (χ0n) is 12.2. The maximum atomic E-state index is 12.2. The minimum absolute atomic E-state index is 0.223. The summed E-state index contributed by atoms with van der Waals surface area (Å²) in [7, 11) is -3.49. The van der Waals surface area contributed by atoms with Crippen LogP contribution in [0.5, 0.6) is 0 Å². The summed E-state index contributed by atoms with van der Waals surface area (Å²) in [6, 6.07) is 6.62. The van der Waals surface area contributed by atoms with Crippen LogP contribution in [-0.2, 0) is 10.0 Å². The molecule has 1 heterocycles. The molecule has 5 nitrogen and oxygen atoms in total. The lowest BCUT2D eigenvalue weighted by Gasteiger charge is -2.22. The number of nitrogens with one attached hydrogen (secondary N) is 2. The van der Waals surface area contributed by atoms with Crippen LogP contribution in [0, 0.1) is 24.2 Å². The van der Waals surface area contributed by atoms with Gasteiger partial charge in [-0.05, 0) is 69.0 Å². The van der Waals surface area contributed by atoms with Gasteiger partial charge in [-0.2, -0.15) is 5.26 Å². The van der Waals surface area contributed by atoms with Crippen molar-refractivity contribution in [3.63, 3.8) is 0 Å². The molecule has 0 amide bonds. The molecular weight excluding hydrogens is 286 g/mol. The molecule has 6 heteroatoms. The van der Waals surface area contributed by atoms with Crippen molar-refractivity contribution >= 4 is 10.0 Å². The molecule has 1 saturated heterocycles. The fourth-order valence-electron chi connectivity index (χ4n) is 2.58. The standard InChI is InChI=1S/C15H21N3O2S/c1-12-9-15(5-4-14(12)10-16)21(19,20)18-8-6-13-3-2-7-17-11-13/h4-5,9,13,17-18H,2-3,6-8,11H2,1H3. The van der Waals surface area contributed by atoms with Gasteiger partial charge in [0, 0.05) is 6.54 Å². The Morgan fingerprint density at radius 3 is 2.90 bits per heavy atom. The second kappa shape index (κ2) is 7.03. The monoisotopic (exact) mass is 307 g/mol. The largest absolute Gasteiger partial charge is 0.316 e. The van der Waals surface area contributed by atoms with Gasteiger partial charge in [0.15, 0.2) is 0 Å². The Kier molecular flexibility index (Phi) is 5.34. The van der Waals surface area contributed by atoms with Gasteiger partial charge in [-0.1, -0.05) is 0 Å². The van der Waals surface area contributed by atoms with Crippen molar-refractivity contribution in [3.05, 3.63) is 29.3 Å². The summed E-state index contributed by atoms with van der Waals surface area (Å²) < 4.78 is 27.1. The molecule has 1 aromatic carbocycles. The first-order chi connectivity index (χ1) is 10.0. The third-order valence-electron chi connectivity index (χ3n) is 3.87. The smallest absolute Gasteiger partial charge is 0.240 e. The average molecular weight is 307 g/mol. The molecule has 1 unspecified atom stereocenters. The quantitative estimate of drug-likeness (QED) is 0.864. The predicted molar refractivity (Wildman–Crippen MR) is 81.3 cm³/mol. The van der Waals surface area contributed by atoms with Gasteiger partial charge in [-0.25, -0.2) is 13.1 Å². The lowest BCUT2D eigenvalue weighted by molar-refractivity contribution is 0.358. The molecule has 0 aliphatic carbocycles. The van der Waals surface area contributed by atoms with Crippen LogP contribution < -0.4 is 10.0 Å². The van der Waals surface area contributed by atoms with Crippen LogP contribution in [0.25, 0.3) is 0 Å². The number of hydrogen-bond acceptors (Lipinski definition) is 4. The van der Waals surface area contributed by atoms with Crippen LogP contribution >= 0.6 is 0 Å². The van der Waals surface area contributed by atoms with E-state index in [2.05, 4.69) is 10.0 Å². The Bertz CT molecular complexity index is 629. The summed E-state index contributed by atoms with van der Waals surface area (Å²) in [6.07, 6.45) is 3.17. The Labute approximate surface area is 126 Å². The fraction of sp³-hybridized carbons (Fsp3) is 0.533. The first-order valence-corrected chi connectivity index (χ1v) is 8.72. The van der Waals surface area contributed by atoms with Gasteiger partial charge >= 0.3 is 0 Å². The molecule has 114 valence electrons. The van der Waals surface area contributed by atoms with E-state index >= 15 is 0 Å². The van der Waals surface area contributed by atoms with Gasteiger partial charge in [0.2, 0.25) is 10.0 Å². The van der Waals surface area contributed by atoms with Crippen LogP contribution in [0.3, 0.4) is 0 Å². The van der Waals surface area contributed by atoms with Gasteiger partial charge in [0.25, 0.3) is 0 Å². The summed E-state index contributed by atoms with van der Waals surface area (Å²) in [4.78, 5) is 0.223. The SMILES string of the molecule is Cc1cc(S(=O)(=O)NCCC2CCCNC2)ccc1C#N.